The predicted molar refractivity (Wildman–Crippen MR) is 94.9 cm³/mol. The van der Waals surface area contributed by atoms with Crippen LogP contribution in [0.4, 0.5) is 4.39 Å². The average Bonchev–Trinajstić information content (AvgIpc) is 3.16. The predicted octanol–water partition coefficient (Wildman–Crippen LogP) is 4.37. The summed E-state index contributed by atoms with van der Waals surface area (Å²) in [5.74, 6) is 0.0868. The van der Waals surface area contributed by atoms with Gasteiger partial charge in [-0.3, -0.25) is 4.79 Å². The first-order chi connectivity index (χ1) is 11.5. The Kier molecular flexibility index (Phi) is 4.82. The monoisotopic (exact) mass is 361 g/mol. The van der Waals surface area contributed by atoms with E-state index < -0.39 is 0 Å². The van der Waals surface area contributed by atoms with Crippen molar-refractivity contribution in [3.8, 4) is 5.69 Å². The maximum atomic E-state index is 13.9. The minimum atomic E-state index is -0.250. The van der Waals surface area contributed by atoms with Gasteiger partial charge in [-0.25, -0.2) is 4.39 Å². The Bertz CT molecular complexity index is 888. The molecular formula is C17H16FN3OS2. The summed E-state index contributed by atoms with van der Waals surface area (Å²) in [6.07, 6.45) is 0. The van der Waals surface area contributed by atoms with Crippen LogP contribution in [0.15, 0.2) is 34.1 Å². The molecule has 7 heteroatoms. The zero-order chi connectivity index (χ0) is 17.3. The number of benzene rings is 1. The lowest BCUT2D eigenvalue weighted by Crippen LogP contribution is -2.06. The molecule has 0 atom stereocenters. The second kappa shape index (κ2) is 6.86. The number of hydrogen-bond acceptors (Lipinski definition) is 5. The molecule has 0 aliphatic carbocycles. The third kappa shape index (κ3) is 3.27. The van der Waals surface area contributed by atoms with Gasteiger partial charge >= 0.3 is 0 Å². The number of carbonyl (C=O) groups excluding carboxylic acids is 1. The Morgan fingerprint density at radius 1 is 1.29 bits per heavy atom. The maximum Gasteiger partial charge on any atom is 0.174 e. The Balaban J connectivity index is 1.88. The standard InChI is InChI=1S/C17H16FN3OS2/c1-10-4-5-13(7-15(10)18)21-11(2)6-14(12(21)3)16(22)8-23-17-20-19-9-24-17/h4-7,9H,8H2,1-3H3. The highest BCUT2D eigenvalue weighted by Crippen LogP contribution is 2.25. The molecule has 2 heterocycles. The topological polar surface area (TPSA) is 47.8 Å². The largest absolute Gasteiger partial charge is 0.318 e. The van der Waals surface area contributed by atoms with E-state index in [4.69, 9.17) is 0 Å². The lowest BCUT2D eigenvalue weighted by molar-refractivity contribution is 0.102. The highest BCUT2D eigenvalue weighted by atomic mass is 32.2. The molecule has 0 fully saturated rings. The minimum absolute atomic E-state index is 0.0298. The summed E-state index contributed by atoms with van der Waals surface area (Å²) >= 11 is 2.79. The number of thioether (sulfide) groups is 1. The van der Waals surface area contributed by atoms with E-state index in [0.717, 1.165) is 21.4 Å². The van der Waals surface area contributed by atoms with E-state index in [1.807, 2.05) is 30.5 Å². The Morgan fingerprint density at radius 3 is 2.75 bits per heavy atom. The van der Waals surface area contributed by atoms with E-state index >= 15 is 0 Å². The Labute approximate surface area is 147 Å². The molecule has 0 radical (unpaired) electrons. The van der Waals surface area contributed by atoms with Crippen molar-refractivity contribution in [1.29, 1.82) is 0 Å². The van der Waals surface area contributed by atoms with Gasteiger partial charge in [-0.15, -0.1) is 10.2 Å². The lowest BCUT2D eigenvalue weighted by Gasteiger charge is -2.11. The lowest BCUT2D eigenvalue weighted by atomic mass is 10.2. The maximum absolute atomic E-state index is 13.9. The van der Waals surface area contributed by atoms with E-state index in [1.54, 1.807) is 18.5 Å². The van der Waals surface area contributed by atoms with Crippen LogP contribution in [0.25, 0.3) is 5.69 Å². The van der Waals surface area contributed by atoms with Crippen LogP contribution in [0.5, 0.6) is 0 Å². The second-order valence-corrected chi connectivity index (χ2v) is 7.53. The van der Waals surface area contributed by atoms with Gasteiger partial charge in [0.05, 0.1) is 5.75 Å². The van der Waals surface area contributed by atoms with Crippen molar-refractivity contribution in [2.45, 2.75) is 25.1 Å². The van der Waals surface area contributed by atoms with Crippen molar-refractivity contribution in [2.75, 3.05) is 5.75 Å². The van der Waals surface area contributed by atoms with Crippen LogP contribution in [0.1, 0.15) is 27.3 Å². The van der Waals surface area contributed by atoms with Gasteiger partial charge < -0.3 is 4.57 Å². The van der Waals surface area contributed by atoms with Crippen molar-refractivity contribution in [3.05, 3.63) is 58.1 Å². The van der Waals surface area contributed by atoms with Gasteiger partial charge in [-0.2, -0.15) is 0 Å². The Hall–Kier alpha value is -1.99. The fourth-order valence-electron chi connectivity index (χ4n) is 2.59. The van der Waals surface area contributed by atoms with Crippen LogP contribution in [-0.2, 0) is 0 Å². The summed E-state index contributed by atoms with van der Waals surface area (Å²) in [5, 5.41) is 7.69. The molecule has 3 rings (SSSR count). The first-order valence-corrected chi connectivity index (χ1v) is 9.21. The molecular weight excluding hydrogens is 345 g/mol. The molecule has 0 bridgehead atoms. The zero-order valence-electron chi connectivity index (χ0n) is 13.5. The van der Waals surface area contributed by atoms with Gasteiger partial charge in [-0.1, -0.05) is 29.2 Å². The van der Waals surface area contributed by atoms with Crippen LogP contribution in [0, 0.1) is 26.6 Å². The molecule has 124 valence electrons. The van der Waals surface area contributed by atoms with Crippen molar-refractivity contribution in [2.24, 2.45) is 0 Å². The molecule has 2 aromatic heterocycles. The molecule has 0 unspecified atom stereocenters. The van der Waals surface area contributed by atoms with Crippen molar-refractivity contribution < 1.29 is 9.18 Å². The van der Waals surface area contributed by atoms with Crippen LogP contribution in [0.2, 0.25) is 0 Å². The number of aromatic nitrogens is 3. The number of rotatable bonds is 5. The number of halogens is 1. The molecule has 1 aromatic carbocycles. The quantitative estimate of drug-likeness (QED) is 0.500. The number of Topliss-reactive ketones (excluding diaryl/α,β-unsaturated/α-hetero) is 1. The van der Waals surface area contributed by atoms with Crippen LogP contribution < -0.4 is 0 Å². The van der Waals surface area contributed by atoms with Gasteiger partial charge in [0.25, 0.3) is 0 Å². The number of ketones is 1. The van der Waals surface area contributed by atoms with Gasteiger partial charge in [0.1, 0.15) is 11.3 Å². The molecule has 0 aliphatic rings. The molecule has 0 saturated carbocycles. The fourth-order valence-corrected chi connectivity index (χ4v) is 3.97. The van der Waals surface area contributed by atoms with Crippen LogP contribution in [0.3, 0.4) is 0 Å². The Morgan fingerprint density at radius 2 is 2.08 bits per heavy atom. The number of carbonyl (C=O) groups is 1. The van der Waals surface area contributed by atoms with Crippen molar-refractivity contribution >= 4 is 28.9 Å². The summed E-state index contributed by atoms with van der Waals surface area (Å²) < 4.78 is 16.6. The molecule has 24 heavy (non-hydrogen) atoms. The average molecular weight is 361 g/mol. The highest BCUT2D eigenvalue weighted by Gasteiger charge is 2.17. The number of nitrogens with zero attached hydrogens (tertiary/aromatic N) is 3. The number of aryl methyl sites for hydroxylation is 2. The summed E-state index contributed by atoms with van der Waals surface area (Å²) in [6.45, 7) is 5.53. The molecule has 0 N–H and O–H groups in total. The molecule has 0 aliphatic heterocycles. The molecule has 0 spiro atoms. The smallest absolute Gasteiger partial charge is 0.174 e. The first-order valence-electron chi connectivity index (χ1n) is 7.35. The summed E-state index contributed by atoms with van der Waals surface area (Å²) in [5.41, 5.74) is 5.35. The third-order valence-electron chi connectivity index (χ3n) is 3.81. The normalized spacial score (nSPS) is 11.0. The van der Waals surface area contributed by atoms with Crippen LogP contribution in [-0.4, -0.2) is 26.3 Å². The van der Waals surface area contributed by atoms with E-state index in [-0.39, 0.29) is 11.6 Å². The second-order valence-electron chi connectivity index (χ2n) is 5.47. The van der Waals surface area contributed by atoms with Gasteiger partial charge in [0.2, 0.25) is 0 Å². The molecule has 0 amide bonds. The number of hydrogen-bond donors (Lipinski definition) is 0. The van der Waals surface area contributed by atoms with Crippen molar-refractivity contribution in [1.82, 2.24) is 14.8 Å². The zero-order valence-corrected chi connectivity index (χ0v) is 15.2. The molecule has 0 saturated heterocycles. The fraction of sp³-hybridized carbons (Fsp3) is 0.235. The molecule has 3 aromatic rings. The summed E-state index contributed by atoms with van der Waals surface area (Å²) in [7, 11) is 0. The van der Waals surface area contributed by atoms with E-state index in [9.17, 15) is 9.18 Å². The SMILES string of the molecule is Cc1ccc(-n2c(C)cc(C(=O)CSc3nncs3)c2C)cc1F. The van der Waals surface area contributed by atoms with Crippen LogP contribution >= 0.6 is 23.1 Å². The van der Waals surface area contributed by atoms with Gasteiger partial charge in [-0.05, 0) is 44.5 Å². The van der Waals surface area contributed by atoms with E-state index in [2.05, 4.69) is 10.2 Å². The highest BCUT2D eigenvalue weighted by molar-refractivity contribution is 8.01. The molecule has 4 nitrogen and oxygen atoms in total. The minimum Gasteiger partial charge on any atom is -0.318 e. The van der Waals surface area contributed by atoms with Gasteiger partial charge in [0, 0.05) is 22.6 Å². The summed E-state index contributed by atoms with van der Waals surface area (Å²) in [6, 6.07) is 6.97. The first kappa shape index (κ1) is 16.9. The van der Waals surface area contributed by atoms with E-state index in [1.165, 1.54) is 29.2 Å². The van der Waals surface area contributed by atoms with Crippen molar-refractivity contribution in [3.63, 3.8) is 0 Å². The third-order valence-corrected chi connectivity index (χ3v) is 5.67. The van der Waals surface area contributed by atoms with E-state index in [0.29, 0.717) is 16.9 Å². The summed E-state index contributed by atoms with van der Waals surface area (Å²) in [4.78, 5) is 12.5. The van der Waals surface area contributed by atoms with Gasteiger partial charge in [0.15, 0.2) is 10.1 Å².